The minimum absolute atomic E-state index is 0.0220. The zero-order chi connectivity index (χ0) is 25.0. The van der Waals surface area contributed by atoms with Gasteiger partial charge in [0.05, 0.1) is 5.56 Å². The van der Waals surface area contributed by atoms with E-state index < -0.39 is 34.3 Å². The molecule has 1 aromatic carbocycles. The van der Waals surface area contributed by atoms with Crippen LogP contribution in [0.25, 0.3) is 0 Å². The zero-order valence-electron chi connectivity index (χ0n) is 19.0. The van der Waals surface area contributed by atoms with E-state index in [1.165, 1.54) is 9.24 Å². The molecule has 1 saturated heterocycles. The summed E-state index contributed by atoms with van der Waals surface area (Å²) in [7, 11) is 1.20. The maximum absolute atomic E-state index is 13.6. The second kappa shape index (κ2) is 10.6. The number of alkyl halides is 5. The van der Waals surface area contributed by atoms with Gasteiger partial charge in [-0.3, -0.25) is 9.59 Å². The number of carbonyl (C=O) groups is 2. The molecule has 33 heavy (non-hydrogen) atoms. The molecule has 1 heterocycles. The number of likely N-dealkylation sites (tertiary alicyclic amines) is 1. The molecule has 1 aromatic rings. The van der Waals surface area contributed by atoms with E-state index in [4.69, 9.17) is 0 Å². The monoisotopic (exact) mass is 495 g/mol. The molecule has 11 heteroatoms. The quantitative estimate of drug-likeness (QED) is 0.421. The van der Waals surface area contributed by atoms with Crippen molar-refractivity contribution < 1.29 is 31.5 Å². The molecule has 0 saturated carbocycles. The minimum Gasteiger partial charge on any atom is -0.354 e. The molecule has 0 bridgehead atoms. The standard InChI is InChI=1S/C22H31F5N3O2P/c1-20(2,3)19(32)28-6-9-30-7-4-14(5-8-30)10-18(31)29-17-12-15(21(23,24)25)11-16(13-17)22(26,27)33/h11-14H,4-10,33H2,1-3H3,(H,28,32)(H,29,31). The molecule has 1 unspecified atom stereocenters. The van der Waals surface area contributed by atoms with E-state index in [-0.39, 0.29) is 23.9 Å². The van der Waals surface area contributed by atoms with Crippen LogP contribution < -0.4 is 10.6 Å². The third-order valence-corrected chi connectivity index (χ3v) is 5.84. The number of nitrogens with zero attached hydrogens (tertiary/aromatic N) is 1. The Kier molecular flexibility index (Phi) is 8.85. The third-order valence-electron chi connectivity index (χ3n) is 5.50. The van der Waals surface area contributed by atoms with Crippen LogP contribution in [0.3, 0.4) is 0 Å². The second-order valence-electron chi connectivity index (χ2n) is 9.46. The number of hydrogen-bond acceptors (Lipinski definition) is 3. The highest BCUT2D eigenvalue weighted by Gasteiger charge is 2.35. The van der Waals surface area contributed by atoms with Gasteiger partial charge in [0.2, 0.25) is 11.8 Å². The Morgan fingerprint density at radius 2 is 1.61 bits per heavy atom. The van der Waals surface area contributed by atoms with Crippen molar-refractivity contribution in [2.24, 2.45) is 11.3 Å². The molecule has 2 rings (SSSR count). The first-order valence-corrected chi connectivity index (χ1v) is 11.3. The van der Waals surface area contributed by atoms with Crippen molar-refractivity contribution in [1.29, 1.82) is 0 Å². The molecule has 1 fully saturated rings. The Hall–Kier alpha value is -1.80. The highest BCUT2D eigenvalue weighted by atomic mass is 31.0. The number of anilines is 1. The molecule has 2 amide bonds. The van der Waals surface area contributed by atoms with Crippen LogP contribution in [0.2, 0.25) is 0 Å². The van der Waals surface area contributed by atoms with Crippen LogP contribution in [-0.2, 0) is 21.4 Å². The van der Waals surface area contributed by atoms with E-state index in [2.05, 4.69) is 15.5 Å². The summed E-state index contributed by atoms with van der Waals surface area (Å²) in [5, 5.41) is 5.23. The Balaban J connectivity index is 1.87. The van der Waals surface area contributed by atoms with Crippen LogP contribution in [0.1, 0.15) is 51.2 Å². The van der Waals surface area contributed by atoms with Crippen molar-refractivity contribution in [3.8, 4) is 0 Å². The lowest BCUT2D eigenvalue weighted by Gasteiger charge is -2.32. The van der Waals surface area contributed by atoms with Gasteiger partial charge < -0.3 is 15.5 Å². The van der Waals surface area contributed by atoms with Crippen molar-refractivity contribution in [1.82, 2.24) is 10.2 Å². The van der Waals surface area contributed by atoms with Crippen LogP contribution in [-0.4, -0.2) is 42.9 Å². The molecule has 2 N–H and O–H groups in total. The lowest BCUT2D eigenvalue weighted by atomic mass is 9.93. The number of benzene rings is 1. The fraction of sp³-hybridized carbons (Fsp3) is 0.636. The second-order valence-corrected chi connectivity index (χ2v) is 10.2. The van der Waals surface area contributed by atoms with Gasteiger partial charge in [0, 0.05) is 36.2 Å². The van der Waals surface area contributed by atoms with E-state index in [1.807, 2.05) is 20.8 Å². The summed E-state index contributed by atoms with van der Waals surface area (Å²) in [5.41, 5.74) is -6.40. The maximum atomic E-state index is 13.6. The fourth-order valence-electron chi connectivity index (χ4n) is 3.54. The molecule has 0 spiro atoms. The summed E-state index contributed by atoms with van der Waals surface area (Å²) in [6.07, 6.45) is -3.28. The van der Waals surface area contributed by atoms with Gasteiger partial charge in [-0.25, -0.2) is 0 Å². The van der Waals surface area contributed by atoms with Crippen LogP contribution in [0.5, 0.6) is 0 Å². The number of rotatable bonds is 7. The predicted octanol–water partition coefficient (Wildman–Crippen LogP) is 4.83. The lowest BCUT2D eigenvalue weighted by molar-refractivity contribution is -0.137. The van der Waals surface area contributed by atoms with Crippen LogP contribution in [0, 0.1) is 11.3 Å². The zero-order valence-corrected chi connectivity index (χ0v) is 20.1. The molecule has 1 aliphatic rings. The first-order chi connectivity index (χ1) is 15.1. The number of carbonyl (C=O) groups excluding carboxylic acids is 2. The van der Waals surface area contributed by atoms with Crippen molar-refractivity contribution in [3.63, 3.8) is 0 Å². The smallest absolute Gasteiger partial charge is 0.354 e. The summed E-state index contributed by atoms with van der Waals surface area (Å²) in [6.45, 7) is 8.20. The molecule has 1 aliphatic heterocycles. The predicted molar refractivity (Wildman–Crippen MR) is 120 cm³/mol. The summed E-state index contributed by atoms with van der Waals surface area (Å²) in [5.74, 6) is -0.492. The lowest BCUT2D eigenvalue weighted by Crippen LogP contribution is -2.42. The number of hydrogen-bond donors (Lipinski definition) is 2. The average Bonchev–Trinajstić information content (AvgIpc) is 2.67. The SMILES string of the molecule is CC(C)(C)C(=O)NCCN1CCC(CC(=O)Nc2cc(C(F)(F)F)cc(C(F)(F)P)c2)CC1. The van der Waals surface area contributed by atoms with Gasteiger partial charge in [-0.15, -0.1) is 0 Å². The van der Waals surface area contributed by atoms with Gasteiger partial charge in [-0.05, 0) is 50.0 Å². The number of piperidine rings is 1. The van der Waals surface area contributed by atoms with E-state index in [9.17, 15) is 31.5 Å². The Morgan fingerprint density at radius 3 is 2.12 bits per heavy atom. The van der Waals surface area contributed by atoms with Crippen molar-refractivity contribution in [2.75, 3.05) is 31.5 Å². The Bertz CT molecular complexity index is 810. The van der Waals surface area contributed by atoms with Gasteiger partial charge in [0.15, 0.2) is 0 Å². The molecule has 0 aliphatic carbocycles. The molecule has 186 valence electrons. The van der Waals surface area contributed by atoms with E-state index in [1.54, 1.807) is 0 Å². The molecular weight excluding hydrogens is 464 g/mol. The molecule has 0 radical (unpaired) electrons. The summed E-state index contributed by atoms with van der Waals surface area (Å²) >= 11 is 0. The highest BCUT2D eigenvalue weighted by Crippen LogP contribution is 2.40. The van der Waals surface area contributed by atoms with Crippen LogP contribution in [0.4, 0.5) is 27.6 Å². The topological polar surface area (TPSA) is 61.4 Å². The summed E-state index contributed by atoms with van der Waals surface area (Å²) < 4.78 is 66.4. The van der Waals surface area contributed by atoms with Crippen LogP contribution in [0.15, 0.2) is 18.2 Å². The van der Waals surface area contributed by atoms with Gasteiger partial charge in [0.25, 0.3) is 5.66 Å². The summed E-state index contributed by atoms with van der Waals surface area (Å²) in [6, 6.07) is 1.89. The fourth-order valence-corrected chi connectivity index (χ4v) is 3.70. The third kappa shape index (κ3) is 8.81. The number of nitrogens with one attached hydrogen (secondary N) is 2. The minimum atomic E-state index is -4.81. The van der Waals surface area contributed by atoms with Crippen molar-refractivity contribution in [3.05, 3.63) is 29.3 Å². The molecule has 1 atom stereocenters. The molecule has 0 aromatic heterocycles. The average molecular weight is 495 g/mol. The largest absolute Gasteiger partial charge is 0.416 e. The van der Waals surface area contributed by atoms with Crippen molar-refractivity contribution in [2.45, 2.75) is 51.9 Å². The van der Waals surface area contributed by atoms with Gasteiger partial charge in [-0.1, -0.05) is 30.0 Å². The normalized spacial score (nSPS) is 16.5. The van der Waals surface area contributed by atoms with Gasteiger partial charge >= 0.3 is 6.18 Å². The summed E-state index contributed by atoms with van der Waals surface area (Å²) in [4.78, 5) is 26.5. The van der Waals surface area contributed by atoms with Crippen LogP contribution >= 0.6 is 9.24 Å². The Morgan fingerprint density at radius 1 is 1.03 bits per heavy atom. The molecular formula is C22H31F5N3O2P. The van der Waals surface area contributed by atoms with E-state index in [0.717, 1.165) is 32.0 Å². The first-order valence-electron chi connectivity index (χ1n) is 10.8. The Labute approximate surface area is 193 Å². The maximum Gasteiger partial charge on any atom is 0.416 e. The van der Waals surface area contributed by atoms with E-state index in [0.29, 0.717) is 25.2 Å². The van der Waals surface area contributed by atoms with Gasteiger partial charge in [0.1, 0.15) is 0 Å². The van der Waals surface area contributed by atoms with E-state index >= 15 is 0 Å². The highest BCUT2D eigenvalue weighted by molar-refractivity contribution is 7.17. The number of amides is 2. The number of halogens is 5. The van der Waals surface area contributed by atoms with Crippen molar-refractivity contribution >= 4 is 26.7 Å². The molecule has 5 nitrogen and oxygen atoms in total. The van der Waals surface area contributed by atoms with Gasteiger partial charge in [-0.2, -0.15) is 22.0 Å². The first kappa shape index (κ1) is 27.4.